The Morgan fingerprint density at radius 2 is 1.70 bits per heavy atom. The Labute approximate surface area is 118 Å². The van der Waals surface area contributed by atoms with E-state index in [0.29, 0.717) is 24.3 Å². The van der Waals surface area contributed by atoms with Crippen molar-refractivity contribution in [2.75, 3.05) is 18.4 Å². The maximum Gasteiger partial charge on any atom is 0.322 e. The number of carbonyl (C=O) groups is 2. The quantitative estimate of drug-likeness (QED) is 0.844. The highest BCUT2D eigenvalue weighted by Crippen LogP contribution is 2.14. The fourth-order valence-electron chi connectivity index (χ4n) is 2.33. The van der Waals surface area contributed by atoms with Gasteiger partial charge in [0, 0.05) is 24.3 Å². The molecule has 0 saturated carbocycles. The van der Waals surface area contributed by atoms with Crippen LogP contribution in [0, 0.1) is 0 Å². The van der Waals surface area contributed by atoms with E-state index in [1.165, 1.54) is 6.92 Å². The molecule has 2 atom stereocenters. The molecule has 1 saturated heterocycles. The molecule has 5 nitrogen and oxygen atoms in total. The molecule has 108 valence electrons. The van der Waals surface area contributed by atoms with E-state index in [2.05, 4.69) is 5.32 Å². The number of amides is 2. The van der Waals surface area contributed by atoms with Crippen LogP contribution in [0.4, 0.5) is 10.5 Å². The van der Waals surface area contributed by atoms with Crippen LogP contribution in [0.25, 0.3) is 0 Å². The maximum atomic E-state index is 12.2. The predicted octanol–water partition coefficient (Wildman–Crippen LogP) is 2.53. The SMILES string of the molecule is CC(=O)c1ccc(NC(=O)N2C[C@@H](C)O[C@@H](C)C2)cc1. The highest BCUT2D eigenvalue weighted by Gasteiger charge is 2.25. The van der Waals surface area contributed by atoms with E-state index in [1.54, 1.807) is 29.2 Å². The van der Waals surface area contributed by atoms with E-state index in [1.807, 2.05) is 13.8 Å². The molecule has 0 unspecified atom stereocenters. The molecular formula is C15H20N2O3. The first-order chi connectivity index (χ1) is 9.45. The van der Waals surface area contributed by atoms with Crippen LogP contribution in [0.5, 0.6) is 0 Å². The summed E-state index contributed by atoms with van der Waals surface area (Å²) in [6.45, 7) is 6.60. The van der Waals surface area contributed by atoms with Gasteiger partial charge < -0.3 is 15.0 Å². The number of benzene rings is 1. The lowest BCUT2D eigenvalue weighted by molar-refractivity contribution is -0.0530. The van der Waals surface area contributed by atoms with Crippen LogP contribution in [0.2, 0.25) is 0 Å². The molecule has 1 N–H and O–H groups in total. The van der Waals surface area contributed by atoms with Crippen molar-refractivity contribution in [1.29, 1.82) is 0 Å². The minimum Gasteiger partial charge on any atom is -0.372 e. The van der Waals surface area contributed by atoms with Gasteiger partial charge in [-0.15, -0.1) is 0 Å². The Morgan fingerprint density at radius 1 is 1.15 bits per heavy atom. The Kier molecular flexibility index (Phi) is 4.39. The summed E-state index contributed by atoms with van der Waals surface area (Å²) < 4.78 is 5.60. The molecular weight excluding hydrogens is 256 g/mol. The Balaban J connectivity index is 1.98. The lowest BCUT2D eigenvalue weighted by Gasteiger charge is -2.35. The van der Waals surface area contributed by atoms with Crippen LogP contribution >= 0.6 is 0 Å². The van der Waals surface area contributed by atoms with Gasteiger partial charge in [-0.05, 0) is 45.0 Å². The predicted molar refractivity (Wildman–Crippen MR) is 77.0 cm³/mol. The van der Waals surface area contributed by atoms with Gasteiger partial charge >= 0.3 is 6.03 Å². The minimum atomic E-state index is -0.137. The van der Waals surface area contributed by atoms with Crippen LogP contribution in [0.15, 0.2) is 24.3 Å². The van der Waals surface area contributed by atoms with Gasteiger partial charge in [0.15, 0.2) is 5.78 Å². The zero-order valence-electron chi connectivity index (χ0n) is 12.1. The molecule has 1 heterocycles. The third kappa shape index (κ3) is 3.57. The number of carbonyl (C=O) groups excluding carboxylic acids is 2. The summed E-state index contributed by atoms with van der Waals surface area (Å²) in [5.74, 6) is 0.0127. The summed E-state index contributed by atoms with van der Waals surface area (Å²) in [4.78, 5) is 25.1. The normalized spacial score (nSPS) is 22.4. The topological polar surface area (TPSA) is 58.6 Å². The summed E-state index contributed by atoms with van der Waals surface area (Å²) in [6, 6.07) is 6.76. The molecule has 1 aliphatic heterocycles. The van der Waals surface area contributed by atoms with Gasteiger partial charge in [-0.2, -0.15) is 0 Å². The van der Waals surface area contributed by atoms with Gasteiger partial charge in [0.2, 0.25) is 0 Å². The first-order valence-electron chi connectivity index (χ1n) is 6.78. The second-order valence-electron chi connectivity index (χ2n) is 5.23. The van der Waals surface area contributed by atoms with Crippen molar-refractivity contribution in [1.82, 2.24) is 4.90 Å². The van der Waals surface area contributed by atoms with Gasteiger partial charge in [-0.25, -0.2) is 4.79 Å². The van der Waals surface area contributed by atoms with Crippen LogP contribution < -0.4 is 5.32 Å². The number of rotatable bonds is 2. The number of Topliss-reactive ketones (excluding diaryl/α,β-unsaturated/α-hetero) is 1. The van der Waals surface area contributed by atoms with Crippen molar-refractivity contribution in [3.05, 3.63) is 29.8 Å². The second-order valence-corrected chi connectivity index (χ2v) is 5.23. The molecule has 20 heavy (non-hydrogen) atoms. The molecule has 1 aromatic rings. The number of anilines is 1. The van der Waals surface area contributed by atoms with Gasteiger partial charge in [0.25, 0.3) is 0 Å². The summed E-state index contributed by atoms with van der Waals surface area (Å²) in [5, 5.41) is 2.84. The number of ether oxygens (including phenoxy) is 1. The lowest BCUT2D eigenvalue weighted by Crippen LogP contribution is -2.49. The van der Waals surface area contributed by atoms with Crippen molar-refractivity contribution >= 4 is 17.5 Å². The maximum absolute atomic E-state index is 12.2. The first-order valence-corrected chi connectivity index (χ1v) is 6.78. The molecule has 1 aliphatic rings. The van der Waals surface area contributed by atoms with Gasteiger partial charge in [-0.3, -0.25) is 4.79 Å². The van der Waals surface area contributed by atoms with E-state index >= 15 is 0 Å². The molecule has 1 aromatic carbocycles. The molecule has 5 heteroatoms. The number of hydrogen-bond donors (Lipinski definition) is 1. The highest BCUT2D eigenvalue weighted by molar-refractivity contribution is 5.95. The summed E-state index contributed by atoms with van der Waals surface area (Å²) in [6.07, 6.45) is 0.0918. The van der Waals surface area contributed by atoms with Crippen molar-refractivity contribution in [2.45, 2.75) is 33.0 Å². The number of morpholine rings is 1. The molecule has 2 rings (SSSR count). The molecule has 0 radical (unpaired) electrons. The number of hydrogen-bond acceptors (Lipinski definition) is 3. The second kappa shape index (κ2) is 6.05. The number of nitrogens with zero attached hydrogens (tertiary/aromatic N) is 1. The van der Waals surface area contributed by atoms with Crippen LogP contribution in [0.3, 0.4) is 0 Å². The third-order valence-corrected chi connectivity index (χ3v) is 3.25. The molecule has 0 aliphatic carbocycles. The van der Waals surface area contributed by atoms with Crippen molar-refractivity contribution in [3.8, 4) is 0 Å². The standard InChI is InChI=1S/C15H20N2O3/c1-10-8-17(9-11(2)20-10)15(19)16-14-6-4-13(5-7-14)12(3)18/h4-7,10-11H,8-9H2,1-3H3,(H,16,19)/t10-,11+. The van der Waals surface area contributed by atoms with E-state index in [9.17, 15) is 9.59 Å². The molecule has 0 spiro atoms. The number of nitrogens with one attached hydrogen (secondary N) is 1. The van der Waals surface area contributed by atoms with Crippen LogP contribution in [-0.2, 0) is 4.74 Å². The number of urea groups is 1. The fourth-order valence-corrected chi connectivity index (χ4v) is 2.33. The van der Waals surface area contributed by atoms with E-state index in [-0.39, 0.29) is 24.0 Å². The lowest BCUT2D eigenvalue weighted by atomic mass is 10.1. The van der Waals surface area contributed by atoms with Gasteiger partial charge in [-0.1, -0.05) is 0 Å². The average molecular weight is 276 g/mol. The van der Waals surface area contributed by atoms with Crippen molar-refractivity contribution in [2.24, 2.45) is 0 Å². The van der Waals surface area contributed by atoms with Crippen LogP contribution in [0.1, 0.15) is 31.1 Å². The zero-order valence-corrected chi connectivity index (χ0v) is 12.1. The third-order valence-electron chi connectivity index (χ3n) is 3.25. The Hall–Kier alpha value is -1.88. The Morgan fingerprint density at radius 3 is 2.20 bits per heavy atom. The number of ketones is 1. The van der Waals surface area contributed by atoms with E-state index in [0.717, 1.165) is 0 Å². The molecule has 1 fully saturated rings. The van der Waals surface area contributed by atoms with Crippen molar-refractivity contribution in [3.63, 3.8) is 0 Å². The highest BCUT2D eigenvalue weighted by atomic mass is 16.5. The summed E-state index contributed by atoms with van der Waals surface area (Å²) in [7, 11) is 0. The smallest absolute Gasteiger partial charge is 0.322 e. The zero-order chi connectivity index (χ0) is 14.7. The summed E-state index contributed by atoms with van der Waals surface area (Å²) >= 11 is 0. The molecule has 0 bridgehead atoms. The fraction of sp³-hybridized carbons (Fsp3) is 0.467. The minimum absolute atomic E-state index is 0.0127. The largest absolute Gasteiger partial charge is 0.372 e. The van der Waals surface area contributed by atoms with Crippen molar-refractivity contribution < 1.29 is 14.3 Å². The average Bonchev–Trinajstić information content (AvgIpc) is 2.38. The van der Waals surface area contributed by atoms with E-state index < -0.39 is 0 Å². The van der Waals surface area contributed by atoms with E-state index in [4.69, 9.17) is 4.74 Å². The molecule has 2 amide bonds. The first kappa shape index (κ1) is 14.5. The van der Waals surface area contributed by atoms with Gasteiger partial charge in [0.05, 0.1) is 12.2 Å². The molecule has 0 aromatic heterocycles. The monoisotopic (exact) mass is 276 g/mol. The Bertz CT molecular complexity index is 488. The van der Waals surface area contributed by atoms with Gasteiger partial charge in [0.1, 0.15) is 0 Å². The van der Waals surface area contributed by atoms with Crippen LogP contribution in [-0.4, -0.2) is 42.0 Å². The summed E-state index contributed by atoms with van der Waals surface area (Å²) in [5.41, 5.74) is 1.32.